The monoisotopic (exact) mass is 236 g/mol. The van der Waals surface area contributed by atoms with Crippen molar-refractivity contribution in [2.75, 3.05) is 18.7 Å². The number of anilines is 1. The van der Waals surface area contributed by atoms with Crippen molar-refractivity contribution in [2.45, 2.75) is 19.6 Å². The summed E-state index contributed by atoms with van der Waals surface area (Å²) in [5.41, 5.74) is 1.67. The van der Waals surface area contributed by atoms with Crippen molar-refractivity contribution in [1.82, 2.24) is 5.32 Å². The van der Waals surface area contributed by atoms with Gasteiger partial charge in [0, 0.05) is 6.54 Å². The van der Waals surface area contributed by atoms with Gasteiger partial charge in [-0.15, -0.1) is 0 Å². The van der Waals surface area contributed by atoms with Gasteiger partial charge >= 0.3 is 0 Å². The minimum absolute atomic E-state index is 0.221. The molecule has 0 saturated carbocycles. The number of carbonyl (C=O) groups is 1. The number of nitrogens with one attached hydrogen (secondary N) is 1. The lowest BCUT2D eigenvalue weighted by atomic mass is 10.1. The molecule has 0 aromatic heterocycles. The van der Waals surface area contributed by atoms with Crippen molar-refractivity contribution in [1.29, 1.82) is 0 Å². The first-order chi connectivity index (χ1) is 8.17. The van der Waals surface area contributed by atoms with Crippen LogP contribution in [0.25, 0.3) is 0 Å². The zero-order valence-corrected chi connectivity index (χ0v) is 9.93. The van der Waals surface area contributed by atoms with Gasteiger partial charge in [0.2, 0.25) is 0 Å². The smallest absolute Gasteiger partial charge is 0.269 e. The van der Waals surface area contributed by atoms with Gasteiger partial charge in [-0.2, -0.15) is 0 Å². The second kappa shape index (κ2) is 4.73. The molecule has 2 N–H and O–H groups in total. The van der Waals surface area contributed by atoms with Gasteiger partial charge in [0.25, 0.3) is 5.91 Å². The number of ether oxygens (including phenoxy) is 1. The quantitative estimate of drug-likeness (QED) is 0.801. The molecule has 17 heavy (non-hydrogen) atoms. The lowest BCUT2D eigenvalue weighted by Crippen LogP contribution is -2.44. The molecular weight excluding hydrogens is 220 g/mol. The largest absolute Gasteiger partial charge is 0.479 e. The molecule has 1 aliphatic rings. The fraction of sp³-hybridized carbons (Fsp3) is 0.417. The maximum atomic E-state index is 11.8. The average Bonchev–Trinajstić information content (AvgIpc) is 2.32. The molecule has 1 aromatic rings. The topological polar surface area (TPSA) is 61.8 Å². The number of fused-ring (bicyclic) bond motifs is 1. The molecule has 1 heterocycles. The molecule has 1 amide bonds. The maximum Gasteiger partial charge on any atom is 0.269 e. The van der Waals surface area contributed by atoms with E-state index in [4.69, 9.17) is 4.74 Å². The third-order valence-electron chi connectivity index (χ3n) is 2.75. The summed E-state index contributed by atoms with van der Waals surface area (Å²) >= 11 is 0. The summed E-state index contributed by atoms with van der Waals surface area (Å²) in [4.78, 5) is 13.1. The lowest BCUT2D eigenvalue weighted by molar-refractivity contribution is -0.126. The fourth-order valence-electron chi connectivity index (χ4n) is 1.91. The van der Waals surface area contributed by atoms with Gasteiger partial charge in [-0.05, 0) is 31.7 Å². The van der Waals surface area contributed by atoms with Gasteiger partial charge in [0.1, 0.15) is 12.5 Å². The van der Waals surface area contributed by atoms with Crippen molar-refractivity contribution in [2.24, 2.45) is 0 Å². The molecule has 0 saturated heterocycles. The van der Waals surface area contributed by atoms with E-state index in [9.17, 15) is 9.90 Å². The Balaban J connectivity index is 2.41. The van der Waals surface area contributed by atoms with Crippen LogP contribution in [0.3, 0.4) is 0 Å². The number of aliphatic hydroxyl groups is 1. The van der Waals surface area contributed by atoms with Crippen LogP contribution in [-0.2, 0) is 11.3 Å². The Morgan fingerprint density at radius 3 is 2.94 bits per heavy atom. The van der Waals surface area contributed by atoms with Gasteiger partial charge < -0.3 is 15.2 Å². The molecule has 1 atom stereocenters. The van der Waals surface area contributed by atoms with E-state index >= 15 is 0 Å². The highest BCUT2D eigenvalue weighted by Gasteiger charge is 2.30. The van der Waals surface area contributed by atoms with Gasteiger partial charge in [0.05, 0.1) is 5.69 Å². The van der Waals surface area contributed by atoms with Crippen LogP contribution >= 0.6 is 0 Å². The van der Waals surface area contributed by atoms with Crippen molar-refractivity contribution in [3.05, 3.63) is 23.8 Å². The number of hydrogen-bond acceptors (Lipinski definition) is 4. The molecule has 0 radical (unpaired) electrons. The standard InChI is InChI=1S/C12H16N2O3/c1-8-12(16)14(7-15)10-5-9(6-13-2)3-4-11(10)17-8/h3-5,8,13,15H,6-7H2,1-2H3. The maximum absolute atomic E-state index is 11.8. The summed E-state index contributed by atoms with van der Waals surface area (Å²) < 4.78 is 5.49. The Hall–Kier alpha value is -1.59. The van der Waals surface area contributed by atoms with E-state index in [1.54, 1.807) is 6.92 Å². The number of hydrogen-bond donors (Lipinski definition) is 2. The summed E-state index contributed by atoms with van der Waals surface area (Å²) in [6.07, 6.45) is -0.551. The van der Waals surface area contributed by atoms with Gasteiger partial charge in [-0.1, -0.05) is 6.07 Å². The van der Waals surface area contributed by atoms with E-state index in [1.807, 2.05) is 25.2 Å². The van der Waals surface area contributed by atoms with E-state index in [0.29, 0.717) is 18.0 Å². The molecule has 0 fully saturated rings. The Morgan fingerprint density at radius 1 is 1.53 bits per heavy atom. The molecule has 2 rings (SSSR count). The predicted octanol–water partition coefficient (Wildman–Crippen LogP) is 0.470. The van der Waals surface area contributed by atoms with E-state index < -0.39 is 6.10 Å². The summed E-state index contributed by atoms with van der Waals surface area (Å²) in [5.74, 6) is 0.410. The van der Waals surface area contributed by atoms with Crippen molar-refractivity contribution < 1.29 is 14.6 Å². The molecule has 92 valence electrons. The van der Waals surface area contributed by atoms with Crippen LogP contribution in [0.5, 0.6) is 5.75 Å². The molecule has 5 nitrogen and oxygen atoms in total. The third-order valence-corrected chi connectivity index (χ3v) is 2.75. The summed E-state index contributed by atoms with van der Waals surface area (Å²) in [5, 5.41) is 12.3. The number of carbonyl (C=O) groups excluding carboxylic acids is 1. The molecule has 1 aromatic carbocycles. The SMILES string of the molecule is CNCc1ccc2c(c1)N(CO)C(=O)C(C)O2. The van der Waals surface area contributed by atoms with Crippen LogP contribution in [-0.4, -0.2) is 30.9 Å². The van der Waals surface area contributed by atoms with Gasteiger partial charge in [-0.3, -0.25) is 9.69 Å². The summed E-state index contributed by atoms with van der Waals surface area (Å²) in [6.45, 7) is 2.05. The van der Waals surface area contributed by atoms with E-state index in [2.05, 4.69) is 5.32 Å². The molecule has 1 unspecified atom stereocenters. The lowest BCUT2D eigenvalue weighted by Gasteiger charge is -2.31. The number of rotatable bonds is 3. The molecule has 0 spiro atoms. The molecule has 5 heteroatoms. The van der Waals surface area contributed by atoms with Gasteiger partial charge in [0.15, 0.2) is 6.10 Å². The zero-order valence-electron chi connectivity index (χ0n) is 9.93. The second-order valence-electron chi connectivity index (χ2n) is 4.00. The molecule has 0 bridgehead atoms. The van der Waals surface area contributed by atoms with Crippen LogP contribution in [0.4, 0.5) is 5.69 Å². The number of nitrogens with zero attached hydrogens (tertiary/aromatic N) is 1. The first-order valence-electron chi connectivity index (χ1n) is 5.53. The van der Waals surface area contributed by atoms with Crippen LogP contribution < -0.4 is 15.0 Å². The van der Waals surface area contributed by atoms with Crippen molar-refractivity contribution in [3.63, 3.8) is 0 Å². The highest BCUT2D eigenvalue weighted by molar-refractivity contribution is 5.99. The highest BCUT2D eigenvalue weighted by atomic mass is 16.5. The predicted molar refractivity (Wildman–Crippen MR) is 63.9 cm³/mol. The van der Waals surface area contributed by atoms with Crippen molar-refractivity contribution in [3.8, 4) is 5.75 Å². The number of amides is 1. The highest BCUT2D eigenvalue weighted by Crippen LogP contribution is 2.34. The Morgan fingerprint density at radius 2 is 2.29 bits per heavy atom. The zero-order chi connectivity index (χ0) is 12.4. The second-order valence-corrected chi connectivity index (χ2v) is 4.00. The Bertz CT molecular complexity index is 434. The van der Waals surface area contributed by atoms with Crippen molar-refractivity contribution >= 4 is 11.6 Å². The Kier molecular flexibility index (Phi) is 3.31. The van der Waals surface area contributed by atoms with Crippen LogP contribution in [0.15, 0.2) is 18.2 Å². The van der Waals surface area contributed by atoms with Crippen LogP contribution in [0, 0.1) is 0 Å². The summed E-state index contributed by atoms with van der Waals surface area (Å²) in [6, 6.07) is 5.62. The van der Waals surface area contributed by atoms with Gasteiger partial charge in [-0.25, -0.2) is 0 Å². The molecule has 0 aliphatic carbocycles. The fourth-order valence-corrected chi connectivity index (χ4v) is 1.91. The normalized spacial score (nSPS) is 18.9. The third kappa shape index (κ3) is 2.11. The van der Waals surface area contributed by atoms with Crippen LogP contribution in [0.1, 0.15) is 12.5 Å². The first kappa shape index (κ1) is 11.9. The van der Waals surface area contributed by atoms with E-state index in [-0.39, 0.29) is 12.6 Å². The number of aliphatic hydroxyl groups excluding tert-OH is 1. The first-order valence-corrected chi connectivity index (χ1v) is 5.53. The molecule has 1 aliphatic heterocycles. The minimum Gasteiger partial charge on any atom is -0.479 e. The minimum atomic E-state index is -0.551. The van der Waals surface area contributed by atoms with E-state index in [0.717, 1.165) is 5.56 Å². The van der Waals surface area contributed by atoms with Crippen LogP contribution in [0.2, 0.25) is 0 Å². The number of benzene rings is 1. The average molecular weight is 236 g/mol. The molecular formula is C12H16N2O3. The Labute approximate surface area is 100.0 Å². The summed E-state index contributed by atoms with van der Waals surface area (Å²) in [7, 11) is 1.85. The van der Waals surface area contributed by atoms with E-state index in [1.165, 1.54) is 4.90 Å².